The Hall–Kier alpha value is -2.94. The van der Waals surface area contributed by atoms with Crippen LogP contribution in [0.1, 0.15) is 23.1 Å². The molecule has 0 aliphatic rings. The Labute approximate surface area is 143 Å². The summed E-state index contributed by atoms with van der Waals surface area (Å²) in [4.78, 5) is 11.7. The van der Waals surface area contributed by atoms with Gasteiger partial charge in [0.05, 0.1) is 12.1 Å². The van der Waals surface area contributed by atoms with Crippen LogP contribution >= 0.6 is 0 Å². The highest BCUT2D eigenvalue weighted by atomic mass is 19.4. The van der Waals surface area contributed by atoms with Crippen molar-refractivity contribution in [3.8, 4) is 17.6 Å². The topological polar surface area (TPSA) is 49.3 Å². The molecule has 130 valence electrons. The van der Waals surface area contributed by atoms with E-state index in [0.717, 1.165) is 12.1 Å². The van der Waals surface area contributed by atoms with Crippen molar-refractivity contribution in [2.45, 2.75) is 19.0 Å². The fourth-order valence-electron chi connectivity index (χ4n) is 2.12. The number of phenols is 1. The van der Waals surface area contributed by atoms with Crippen LogP contribution in [-0.4, -0.2) is 17.6 Å². The Kier molecular flexibility index (Phi) is 6.07. The molecule has 2 rings (SSSR count). The van der Waals surface area contributed by atoms with Gasteiger partial charge in [0, 0.05) is 12.0 Å². The van der Waals surface area contributed by atoms with Crippen LogP contribution < -0.4 is 5.32 Å². The number of benzene rings is 2. The summed E-state index contributed by atoms with van der Waals surface area (Å²) in [5, 5.41) is 12.2. The third-order valence-corrected chi connectivity index (χ3v) is 3.41. The van der Waals surface area contributed by atoms with Crippen molar-refractivity contribution in [2.75, 3.05) is 6.54 Å². The summed E-state index contributed by atoms with van der Waals surface area (Å²) in [6.07, 6.45) is -3.84. The second-order valence-corrected chi connectivity index (χ2v) is 5.29. The summed E-state index contributed by atoms with van der Waals surface area (Å²) in [6.45, 7) is 0.0376. The van der Waals surface area contributed by atoms with Crippen LogP contribution in [0, 0.1) is 11.8 Å². The molecule has 0 spiro atoms. The number of nitrogens with one attached hydrogen (secondary N) is 1. The maximum absolute atomic E-state index is 12.6. The molecule has 2 aromatic carbocycles. The van der Waals surface area contributed by atoms with Crippen LogP contribution in [0.5, 0.6) is 5.75 Å². The fourth-order valence-corrected chi connectivity index (χ4v) is 2.12. The Morgan fingerprint density at radius 1 is 1.12 bits per heavy atom. The Bertz CT molecular complexity index is 804. The SMILES string of the molecule is O=C(CCc1ccccc1O)NCC#Cc1cccc(C(F)(F)F)c1. The monoisotopic (exact) mass is 347 g/mol. The summed E-state index contributed by atoms with van der Waals surface area (Å²) in [6, 6.07) is 11.5. The number of alkyl halides is 3. The fraction of sp³-hybridized carbons (Fsp3) is 0.211. The van der Waals surface area contributed by atoms with Crippen LogP contribution in [0.25, 0.3) is 0 Å². The van der Waals surface area contributed by atoms with Gasteiger partial charge < -0.3 is 10.4 Å². The van der Waals surface area contributed by atoms with E-state index in [2.05, 4.69) is 17.2 Å². The normalized spacial score (nSPS) is 10.7. The standard InChI is InChI=1S/C19H16F3NO2/c20-19(21,22)16-8-3-5-14(13-16)6-4-12-23-18(25)11-10-15-7-1-2-9-17(15)24/h1-3,5,7-9,13,24H,10-12H2,(H,23,25). The molecule has 0 aromatic heterocycles. The zero-order valence-electron chi connectivity index (χ0n) is 13.2. The molecule has 0 saturated carbocycles. The predicted molar refractivity (Wildman–Crippen MR) is 87.8 cm³/mol. The number of para-hydroxylation sites is 1. The first kappa shape index (κ1) is 18.4. The van der Waals surface area contributed by atoms with Crippen LogP contribution in [-0.2, 0) is 17.4 Å². The molecule has 0 radical (unpaired) electrons. The first-order valence-corrected chi connectivity index (χ1v) is 7.56. The molecule has 0 aliphatic heterocycles. The number of halogens is 3. The number of rotatable bonds is 4. The molecule has 0 fully saturated rings. The lowest BCUT2D eigenvalue weighted by Gasteiger charge is -2.06. The smallest absolute Gasteiger partial charge is 0.416 e. The van der Waals surface area contributed by atoms with E-state index in [4.69, 9.17) is 0 Å². The molecule has 6 heteroatoms. The van der Waals surface area contributed by atoms with E-state index in [9.17, 15) is 23.1 Å². The van der Waals surface area contributed by atoms with E-state index >= 15 is 0 Å². The Balaban J connectivity index is 1.82. The summed E-state index contributed by atoms with van der Waals surface area (Å²) >= 11 is 0. The third kappa shape index (κ3) is 5.88. The minimum atomic E-state index is -4.41. The third-order valence-electron chi connectivity index (χ3n) is 3.41. The second kappa shape index (κ2) is 8.25. The van der Waals surface area contributed by atoms with E-state index in [0.29, 0.717) is 12.0 Å². The lowest BCUT2D eigenvalue weighted by atomic mass is 10.1. The molecule has 0 heterocycles. The summed E-state index contributed by atoms with van der Waals surface area (Å²) in [7, 11) is 0. The molecule has 2 aromatic rings. The number of amides is 1. The number of phenolic OH excluding ortho intramolecular Hbond substituents is 1. The molecule has 0 bridgehead atoms. The van der Waals surface area contributed by atoms with Crippen LogP contribution in [0.3, 0.4) is 0 Å². The van der Waals surface area contributed by atoms with E-state index in [1.807, 2.05) is 0 Å². The van der Waals surface area contributed by atoms with Crippen molar-refractivity contribution in [1.82, 2.24) is 5.32 Å². The van der Waals surface area contributed by atoms with Crippen molar-refractivity contribution in [2.24, 2.45) is 0 Å². The Morgan fingerprint density at radius 2 is 1.88 bits per heavy atom. The van der Waals surface area contributed by atoms with Crippen molar-refractivity contribution < 1.29 is 23.1 Å². The zero-order chi connectivity index (χ0) is 18.3. The van der Waals surface area contributed by atoms with Crippen molar-refractivity contribution in [3.63, 3.8) is 0 Å². The predicted octanol–water partition coefficient (Wildman–Crippen LogP) is 3.51. The van der Waals surface area contributed by atoms with Gasteiger partial charge in [-0.05, 0) is 36.2 Å². The minimum Gasteiger partial charge on any atom is -0.508 e. The van der Waals surface area contributed by atoms with Gasteiger partial charge in [0.1, 0.15) is 5.75 Å². The summed E-state index contributed by atoms with van der Waals surface area (Å²) in [5.74, 6) is 5.10. The summed E-state index contributed by atoms with van der Waals surface area (Å²) in [5.41, 5.74) is 0.150. The highest BCUT2D eigenvalue weighted by molar-refractivity contribution is 5.76. The molecule has 1 amide bonds. The van der Waals surface area contributed by atoms with E-state index in [1.165, 1.54) is 12.1 Å². The molecule has 2 N–H and O–H groups in total. The second-order valence-electron chi connectivity index (χ2n) is 5.29. The largest absolute Gasteiger partial charge is 0.508 e. The van der Waals surface area contributed by atoms with Gasteiger partial charge in [-0.3, -0.25) is 4.79 Å². The maximum Gasteiger partial charge on any atom is 0.416 e. The van der Waals surface area contributed by atoms with E-state index in [-0.39, 0.29) is 30.2 Å². The van der Waals surface area contributed by atoms with E-state index in [1.54, 1.807) is 24.3 Å². The van der Waals surface area contributed by atoms with Crippen molar-refractivity contribution >= 4 is 5.91 Å². The maximum atomic E-state index is 12.6. The first-order chi connectivity index (χ1) is 11.9. The highest BCUT2D eigenvalue weighted by Gasteiger charge is 2.30. The van der Waals surface area contributed by atoms with Crippen LogP contribution in [0.15, 0.2) is 48.5 Å². The molecule has 0 atom stereocenters. The average molecular weight is 347 g/mol. The molecule has 0 aliphatic carbocycles. The number of carbonyl (C=O) groups excluding carboxylic acids is 1. The van der Waals surface area contributed by atoms with E-state index < -0.39 is 11.7 Å². The quantitative estimate of drug-likeness (QED) is 0.832. The van der Waals surface area contributed by atoms with Gasteiger partial charge in [-0.25, -0.2) is 0 Å². The number of aromatic hydroxyl groups is 1. The van der Waals surface area contributed by atoms with Crippen LogP contribution in [0.4, 0.5) is 13.2 Å². The number of aryl methyl sites for hydroxylation is 1. The highest BCUT2D eigenvalue weighted by Crippen LogP contribution is 2.29. The molecule has 0 unspecified atom stereocenters. The summed E-state index contributed by atoms with van der Waals surface area (Å²) < 4.78 is 37.8. The van der Waals surface area contributed by atoms with Gasteiger partial charge in [-0.2, -0.15) is 13.2 Å². The van der Waals surface area contributed by atoms with Crippen molar-refractivity contribution in [1.29, 1.82) is 0 Å². The first-order valence-electron chi connectivity index (χ1n) is 7.56. The number of hydrogen-bond acceptors (Lipinski definition) is 2. The lowest BCUT2D eigenvalue weighted by Crippen LogP contribution is -2.23. The molecule has 25 heavy (non-hydrogen) atoms. The van der Waals surface area contributed by atoms with Gasteiger partial charge in [0.25, 0.3) is 0 Å². The Morgan fingerprint density at radius 3 is 2.60 bits per heavy atom. The number of hydrogen-bond donors (Lipinski definition) is 2. The average Bonchev–Trinajstić information content (AvgIpc) is 2.57. The molecule has 3 nitrogen and oxygen atoms in total. The van der Waals surface area contributed by atoms with Gasteiger partial charge in [0.2, 0.25) is 5.91 Å². The number of carbonyl (C=O) groups is 1. The minimum absolute atomic E-state index is 0.0376. The molecular formula is C19H16F3NO2. The van der Waals surface area contributed by atoms with Gasteiger partial charge >= 0.3 is 6.18 Å². The molecular weight excluding hydrogens is 331 g/mol. The van der Waals surface area contributed by atoms with Gasteiger partial charge in [-0.15, -0.1) is 0 Å². The van der Waals surface area contributed by atoms with Crippen molar-refractivity contribution in [3.05, 3.63) is 65.2 Å². The van der Waals surface area contributed by atoms with Crippen LogP contribution in [0.2, 0.25) is 0 Å². The molecule has 0 saturated heterocycles. The zero-order valence-corrected chi connectivity index (χ0v) is 13.2. The van der Waals surface area contributed by atoms with Gasteiger partial charge in [0.15, 0.2) is 0 Å². The lowest BCUT2D eigenvalue weighted by molar-refractivity contribution is -0.137. The van der Waals surface area contributed by atoms with Gasteiger partial charge in [-0.1, -0.05) is 36.1 Å².